The van der Waals surface area contributed by atoms with E-state index in [1.807, 2.05) is 91.0 Å². The van der Waals surface area contributed by atoms with Crippen molar-refractivity contribution >= 4 is 17.4 Å². The zero-order chi connectivity index (χ0) is 24.0. The number of hydrogen-bond donors (Lipinski definition) is 1. The minimum atomic E-state index is -1.02. The van der Waals surface area contributed by atoms with Gasteiger partial charge in [0.1, 0.15) is 11.6 Å². The largest absolute Gasteiger partial charge is 0.465 e. The molecule has 1 aliphatic rings. The van der Waals surface area contributed by atoms with Crippen molar-refractivity contribution < 1.29 is 14.6 Å². The van der Waals surface area contributed by atoms with Gasteiger partial charge < -0.3 is 9.84 Å². The zero-order valence-corrected chi connectivity index (χ0v) is 19.6. The number of esters is 1. The monoisotopic (exact) mass is 454 g/mol. The number of carbonyl (C=O) groups excluding carboxylic acids is 1. The quantitative estimate of drug-likeness (QED) is 0.308. The van der Waals surface area contributed by atoms with E-state index in [0.717, 1.165) is 16.7 Å². The second-order valence-electron chi connectivity index (χ2n) is 8.90. The predicted octanol–water partition coefficient (Wildman–Crippen LogP) is 5.39. The van der Waals surface area contributed by atoms with Crippen molar-refractivity contribution in [2.45, 2.75) is 38.2 Å². The minimum absolute atomic E-state index is 0.250. The molecule has 3 atom stereocenters. The topological polar surface area (TPSA) is 71.2 Å². The lowest BCUT2D eigenvalue weighted by Crippen LogP contribution is -2.45. The first-order valence-corrected chi connectivity index (χ1v) is 11.7. The van der Waals surface area contributed by atoms with E-state index in [0.29, 0.717) is 17.8 Å². The molecule has 3 aromatic rings. The molecular weight excluding hydrogens is 424 g/mol. The Morgan fingerprint density at radius 1 is 0.941 bits per heavy atom. The van der Waals surface area contributed by atoms with Crippen LogP contribution in [-0.4, -0.2) is 34.7 Å². The molecule has 1 N–H and O–H groups in total. The first-order chi connectivity index (χ1) is 16.5. The molecule has 0 aromatic heterocycles. The highest BCUT2D eigenvalue weighted by molar-refractivity contribution is 6.13. The lowest BCUT2D eigenvalue weighted by atomic mass is 9.68. The second-order valence-corrected chi connectivity index (χ2v) is 8.90. The van der Waals surface area contributed by atoms with Gasteiger partial charge in [-0.15, -0.1) is 5.10 Å². The highest BCUT2D eigenvalue weighted by Crippen LogP contribution is 2.42. The van der Waals surface area contributed by atoms with E-state index in [4.69, 9.17) is 4.74 Å². The van der Waals surface area contributed by atoms with Crippen molar-refractivity contribution in [1.29, 1.82) is 0 Å². The molecule has 0 spiro atoms. The molecule has 1 fully saturated rings. The van der Waals surface area contributed by atoms with Gasteiger partial charge >= 0.3 is 5.97 Å². The van der Waals surface area contributed by atoms with E-state index >= 15 is 0 Å². The van der Waals surface area contributed by atoms with Crippen LogP contribution in [0, 0.1) is 5.92 Å². The maximum atomic E-state index is 13.2. The van der Waals surface area contributed by atoms with Gasteiger partial charge in [0.05, 0.1) is 17.9 Å². The Kier molecular flexibility index (Phi) is 7.33. The summed E-state index contributed by atoms with van der Waals surface area (Å²) < 4.78 is 5.46. The van der Waals surface area contributed by atoms with E-state index in [1.54, 1.807) is 13.8 Å². The molecule has 3 aromatic carbocycles. The molecule has 34 heavy (non-hydrogen) atoms. The van der Waals surface area contributed by atoms with Gasteiger partial charge in [-0.1, -0.05) is 91.0 Å². The predicted molar refractivity (Wildman–Crippen MR) is 135 cm³/mol. The Hall–Kier alpha value is -3.57. The third-order valence-electron chi connectivity index (χ3n) is 6.12. The molecule has 0 heterocycles. The molecule has 0 saturated heterocycles. The summed E-state index contributed by atoms with van der Waals surface area (Å²) in [4.78, 5) is 13.2. The molecule has 5 nitrogen and oxygen atoms in total. The van der Waals surface area contributed by atoms with Crippen LogP contribution >= 0.6 is 0 Å². The van der Waals surface area contributed by atoms with Crippen molar-refractivity contribution in [3.05, 3.63) is 108 Å². The molecule has 0 radical (unpaired) electrons. The van der Waals surface area contributed by atoms with Crippen LogP contribution in [0.1, 0.15) is 49.3 Å². The van der Waals surface area contributed by atoms with Gasteiger partial charge in [-0.25, -0.2) is 0 Å². The number of aliphatic hydroxyl groups is 1. The van der Waals surface area contributed by atoms with Crippen LogP contribution in [0.2, 0.25) is 0 Å². The molecular formula is C29H30N2O3. The number of carbonyl (C=O) groups is 1. The molecule has 3 unspecified atom stereocenters. The lowest BCUT2D eigenvalue weighted by Gasteiger charge is -2.39. The van der Waals surface area contributed by atoms with Crippen molar-refractivity contribution in [2.24, 2.45) is 16.1 Å². The molecule has 5 heteroatoms. The van der Waals surface area contributed by atoms with Gasteiger partial charge in [-0.05, 0) is 25.8 Å². The Bertz CT molecular complexity index is 1110. The summed E-state index contributed by atoms with van der Waals surface area (Å²) in [6.07, 6.45) is 0.688. The Morgan fingerprint density at radius 2 is 1.47 bits per heavy atom. The number of benzene rings is 3. The standard InChI is InChI=1S/C29H30N2O3/c1-3-34-28(32)26-24(21-13-7-4-8-14-21)19-29(2,33)20-25(26)30-31-27(22-15-9-5-10-16-22)23-17-11-6-12-18-23/h4-18,24,26,33H,3,19-20H2,1-2H3/b30-25+. The van der Waals surface area contributed by atoms with Crippen LogP contribution in [-0.2, 0) is 9.53 Å². The maximum Gasteiger partial charge on any atom is 0.315 e. The maximum absolute atomic E-state index is 13.2. The van der Waals surface area contributed by atoms with Crippen molar-refractivity contribution in [1.82, 2.24) is 0 Å². The van der Waals surface area contributed by atoms with E-state index in [1.165, 1.54) is 0 Å². The third-order valence-corrected chi connectivity index (χ3v) is 6.12. The normalized spacial score (nSPS) is 23.3. The van der Waals surface area contributed by atoms with Crippen LogP contribution in [0.4, 0.5) is 0 Å². The summed E-state index contributed by atoms with van der Waals surface area (Å²) in [5.74, 6) is -1.20. The Labute approximate surface area is 200 Å². The highest BCUT2D eigenvalue weighted by atomic mass is 16.5. The fraction of sp³-hybridized carbons (Fsp3) is 0.276. The number of rotatable bonds is 6. The first-order valence-electron chi connectivity index (χ1n) is 11.7. The summed E-state index contributed by atoms with van der Waals surface area (Å²) in [5.41, 5.74) is 3.05. The molecule has 0 aliphatic heterocycles. The summed E-state index contributed by atoms with van der Waals surface area (Å²) in [5, 5.41) is 20.4. The number of nitrogens with zero attached hydrogens (tertiary/aromatic N) is 2. The zero-order valence-electron chi connectivity index (χ0n) is 19.6. The summed E-state index contributed by atoms with van der Waals surface area (Å²) >= 11 is 0. The lowest BCUT2D eigenvalue weighted by molar-refractivity contribution is -0.147. The van der Waals surface area contributed by atoms with Crippen LogP contribution < -0.4 is 0 Å². The Morgan fingerprint density at radius 3 is 2.00 bits per heavy atom. The third kappa shape index (κ3) is 5.49. The average molecular weight is 455 g/mol. The summed E-state index contributed by atoms with van der Waals surface area (Å²) in [7, 11) is 0. The van der Waals surface area contributed by atoms with Crippen LogP contribution in [0.5, 0.6) is 0 Å². The fourth-order valence-corrected chi connectivity index (χ4v) is 4.62. The number of hydrogen-bond acceptors (Lipinski definition) is 5. The van der Waals surface area contributed by atoms with Crippen LogP contribution in [0.15, 0.2) is 101 Å². The van der Waals surface area contributed by atoms with Gasteiger partial charge in [0, 0.05) is 23.5 Å². The van der Waals surface area contributed by atoms with Crippen molar-refractivity contribution in [2.75, 3.05) is 6.61 Å². The summed E-state index contributed by atoms with van der Waals surface area (Å²) in [6.45, 7) is 3.87. The van der Waals surface area contributed by atoms with E-state index < -0.39 is 11.5 Å². The average Bonchev–Trinajstić information content (AvgIpc) is 2.85. The van der Waals surface area contributed by atoms with E-state index in [2.05, 4.69) is 10.2 Å². The van der Waals surface area contributed by atoms with Gasteiger partial charge in [-0.2, -0.15) is 5.10 Å². The van der Waals surface area contributed by atoms with Gasteiger partial charge in [-0.3, -0.25) is 4.79 Å². The van der Waals surface area contributed by atoms with Gasteiger partial charge in [0.25, 0.3) is 0 Å². The molecule has 4 rings (SSSR count). The van der Waals surface area contributed by atoms with Crippen LogP contribution in [0.3, 0.4) is 0 Å². The smallest absolute Gasteiger partial charge is 0.315 e. The first kappa shape index (κ1) is 23.6. The van der Waals surface area contributed by atoms with Crippen LogP contribution in [0.25, 0.3) is 0 Å². The van der Waals surface area contributed by atoms with Gasteiger partial charge in [0.2, 0.25) is 0 Å². The SMILES string of the molecule is CCOC(=O)C1/C(=N/N=C(c2ccccc2)c2ccccc2)CC(C)(O)CC1c1ccccc1. The van der Waals surface area contributed by atoms with Gasteiger partial charge in [0.15, 0.2) is 0 Å². The summed E-state index contributed by atoms with van der Waals surface area (Å²) in [6, 6.07) is 29.5. The molecule has 1 aliphatic carbocycles. The molecule has 0 bridgehead atoms. The number of ether oxygens (including phenoxy) is 1. The fourth-order valence-electron chi connectivity index (χ4n) is 4.62. The molecule has 174 valence electrons. The highest BCUT2D eigenvalue weighted by Gasteiger charge is 2.45. The van der Waals surface area contributed by atoms with E-state index in [-0.39, 0.29) is 24.9 Å². The molecule has 0 amide bonds. The minimum Gasteiger partial charge on any atom is -0.465 e. The second kappa shape index (κ2) is 10.6. The molecule has 1 saturated carbocycles. The van der Waals surface area contributed by atoms with Crippen molar-refractivity contribution in [3.63, 3.8) is 0 Å². The van der Waals surface area contributed by atoms with Crippen molar-refractivity contribution in [3.8, 4) is 0 Å². The van der Waals surface area contributed by atoms with E-state index in [9.17, 15) is 9.90 Å². The Balaban J connectivity index is 1.83.